The molecule has 1 heterocycles. The van der Waals surface area contributed by atoms with Crippen LogP contribution in [0, 0.1) is 0 Å². The van der Waals surface area contributed by atoms with Crippen LogP contribution in [0.1, 0.15) is 4.88 Å². The summed E-state index contributed by atoms with van der Waals surface area (Å²) in [7, 11) is -7.55. The van der Waals surface area contributed by atoms with Gasteiger partial charge in [0.05, 0.1) is 16.3 Å². The second kappa shape index (κ2) is 5.73. The van der Waals surface area contributed by atoms with Crippen LogP contribution in [0.15, 0.2) is 45.5 Å². The van der Waals surface area contributed by atoms with E-state index in [4.69, 9.17) is 10.3 Å². The van der Waals surface area contributed by atoms with Gasteiger partial charge >= 0.3 is 0 Å². The van der Waals surface area contributed by atoms with Crippen molar-refractivity contribution in [1.29, 1.82) is 0 Å². The smallest absolute Gasteiger partial charge is 0.239 e. The molecule has 1 aromatic carbocycles. The lowest BCUT2D eigenvalue weighted by molar-refractivity contribution is 0.596. The summed E-state index contributed by atoms with van der Waals surface area (Å²) in [6.07, 6.45) is 0. The Balaban J connectivity index is 2.20. The highest BCUT2D eigenvalue weighted by Crippen LogP contribution is 2.22. The quantitative estimate of drug-likeness (QED) is 0.730. The molecule has 0 amide bonds. The van der Waals surface area contributed by atoms with Crippen LogP contribution in [-0.4, -0.2) is 16.8 Å². The third-order valence-corrected chi connectivity index (χ3v) is 5.58. The van der Waals surface area contributed by atoms with Gasteiger partial charge in [-0.2, -0.15) is 0 Å². The minimum atomic E-state index is -3.78. The van der Waals surface area contributed by atoms with Gasteiger partial charge < -0.3 is 5.32 Å². The Morgan fingerprint density at radius 3 is 2.38 bits per heavy atom. The number of nitrogens with one attached hydrogen (secondary N) is 1. The molecule has 0 spiro atoms. The van der Waals surface area contributed by atoms with Crippen molar-refractivity contribution < 1.29 is 16.8 Å². The lowest BCUT2D eigenvalue weighted by Crippen LogP contribution is -2.14. The second-order valence-corrected chi connectivity index (χ2v) is 8.27. The molecule has 0 radical (unpaired) electrons. The fourth-order valence-corrected chi connectivity index (χ4v) is 4.17. The first-order valence-corrected chi connectivity index (χ1v) is 9.61. The van der Waals surface area contributed by atoms with Crippen molar-refractivity contribution in [1.82, 2.24) is 0 Å². The summed E-state index contributed by atoms with van der Waals surface area (Å²) in [5, 5.41) is 14.7. The van der Waals surface area contributed by atoms with Crippen LogP contribution in [0.3, 0.4) is 0 Å². The van der Waals surface area contributed by atoms with Gasteiger partial charge in [0.1, 0.15) is 0 Å². The van der Waals surface area contributed by atoms with Crippen molar-refractivity contribution in [3.05, 3.63) is 40.6 Å². The van der Waals surface area contributed by atoms with Gasteiger partial charge in [-0.05, 0) is 29.6 Å². The molecule has 7 nitrogen and oxygen atoms in total. The van der Waals surface area contributed by atoms with Gasteiger partial charge in [-0.25, -0.2) is 27.1 Å². The van der Waals surface area contributed by atoms with Crippen molar-refractivity contribution >= 4 is 37.1 Å². The number of benzene rings is 1. The highest BCUT2D eigenvalue weighted by Gasteiger charge is 2.15. The molecule has 0 aliphatic rings. The number of hydrogen-bond acceptors (Lipinski definition) is 6. The van der Waals surface area contributed by atoms with E-state index in [0.717, 1.165) is 0 Å². The van der Waals surface area contributed by atoms with Crippen molar-refractivity contribution in [3.8, 4) is 0 Å². The Morgan fingerprint density at radius 1 is 1.05 bits per heavy atom. The molecular weight excluding hydrogens is 334 g/mol. The van der Waals surface area contributed by atoms with Gasteiger partial charge in [0.25, 0.3) is 0 Å². The lowest BCUT2D eigenvalue weighted by atomic mass is 10.3. The molecule has 5 N–H and O–H groups in total. The molecule has 21 heavy (non-hydrogen) atoms. The predicted molar refractivity (Wildman–Crippen MR) is 80.8 cm³/mol. The number of hydrogen-bond donors (Lipinski definition) is 3. The van der Waals surface area contributed by atoms with Crippen LogP contribution >= 0.6 is 11.3 Å². The summed E-state index contributed by atoms with van der Waals surface area (Å²) >= 11 is 1.24. The molecule has 2 aromatic rings. The maximum Gasteiger partial charge on any atom is 0.239 e. The van der Waals surface area contributed by atoms with E-state index in [1.54, 1.807) is 11.4 Å². The monoisotopic (exact) mass is 347 g/mol. The van der Waals surface area contributed by atoms with Gasteiger partial charge in [0.15, 0.2) is 0 Å². The number of rotatable bonds is 5. The molecule has 0 atom stereocenters. The van der Waals surface area contributed by atoms with E-state index in [1.165, 1.54) is 35.6 Å². The zero-order valence-electron chi connectivity index (χ0n) is 10.7. The summed E-state index contributed by atoms with van der Waals surface area (Å²) in [4.78, 5) is 0.575. The van der Waals surface area contributed by atoms with E-state index in [-0.39, 0.29) is 16.3 Å². The molecule has 0 saturated heterocycles. The van der Waals surface area contributed by atoms with Crippen LogP contribution in [0.25, 0.3) is 0 Å². The van der Waals surface area contributed by atoms with Crippen LogP contribution in [0.4, 0.5) is 5.69 Å². The van der Waals surface area contributed by atoms with Gasteiger partial charge in [0, 0.05) is 10.6 Å². The summed E-state index contributed by atoms with van der Waals surface area (Å²) in [6, 6.07) is 7.37. The molecule has 0 saturated carbocycles. The maximum atomic E-state index is 11.4. The number of anilines is 1. The fourth-order valence-electron chi connectivity index (χ4n) is 1.68. The Kier molecular flexibility index (Phi) is 4.35. The zero-order chi connectivity index (χ0) is 15.7. The van der Waals surface area contributed by atoms with Crippen molar-refractivity contribution in [2.45, 2.75) is 16.3 Å². The highest BCUT2D eigenvalue weighted by atomic mass is 32.2. The van der Waals surface area contributed by atoms with Crippen molar-refractivity contribution in [2.24, 2.45) is 10.3 Å². The van der Waals surface area contributed by atoms with E-state index in [1.807, 2.05) is 0 Å². The summed E-state index contributed by atoms with van der Waals surface area (Å²) in [6.45, 7) is 0.206. The van der Waals surface area contributed by atoms with E-state index in [0.29, 0.717) is 10.6 Å². The zero-order valence-corrected chi connectivity index (χ0v) is 13.1. The molecule has 0 aliphatic carbocycles. The predicted octanol–water partition coefficient (Wildman–Crippen LogP) is 0.655. The minimum absolute atomic E-state index is 0.0228. The number of primary sulfonamides is 2. The first kappa shape index (κ1) is 15.9. The second-order valence-electron chi connectivity index (χ2n) is 4.18. The van der Waals surface area contributed by atoms with Crippen LogP contribution in [-0.2, 0) is 26.6 Å². The standard InChI is InChI=1S/C11H13N3O4S3/c12-20(15,16)9-3-1-2-8(6-9)14-7-10-11(4-5-19-10)21(13,17)18/h1-6,14H,7H2,(H2,12,15,16)(H2,13,17,18). The summed E-state index contributed by atoms with van der Waals surface area (Å²) in [5.41, 5.74) is 0.510. The highest BCUT2D eigenvalue weighted by molar-refractivity contribution is 7.89. The van der Waals surface area contributed by atoms with E-state index < -0.39 is 20.0 Å². The van der Waals surface area contributed by atoms with E-state index >= 15 is 0 Å². The number of sulfonamides is 2. The lowest BCUT2D eigenvalue weighted by Gasteiger charge is -2.08. The molecule has 0 bridgehead atoms. The number of thiophene rings is 1. The molecular formula is C11H13N3O4S3. The Bertz CT molecular complexity index is 856. The molecule has 2 rings (SSSR count). The third-order valence-electron chi connectivity index (χ3n) is 2.63. The largest absolute Gasteiger partial charge is 0.380 e. The SMILES string of the molecule is NS(=O)(=O)c1cccc(NCc2sccc2S(N)(=O)=O)c1. The van der Waals surface area contributed by atoms with Gasteiger partial charge in [-0.3, -0.25) is 0 Å². The Labute approximate surface area is 126 Å². The van der Waals surface area contributed by atoms with E-state index in [2.05, 4.69) is 5.32 Å². The van der Waals surface area contributed by atoms with Crippen molar-refractivity contribution in [3.63, 3.8) is 0 Å². The minimum Gasteiger partial charge on any atom is -0.380 e. The van der Waals surface area contributed by atoms with Gasteiger partial charge in [-0.15, -0.1) is 11.3 Å². The Hall–Kier alpha value is -1.46. The molecule has 0 unspecified atom stereocenters. The topological polar surface area (TPSA) is 132 Å². The Morgan fingerprint density at radius 2 is 1.76 bits per heavy atom. The third kappa shape index (κ3) is 4.02. The molecule has 1 aromatic heterocycles. The molecule has 10 heteroatoms. The molecule has 114 valence electrons. The number of nitrogens with two attached hydrogens (primary N) is 2. The average molecular weight is 347 g/mol. The summed E-state index contributed by atoms with van der Waals surface area (Å²) in [5.74, 6) is 0. The van der Waals surface area contributed by atoms with Gasteiger partial charge in [0.2, 0.25) is 20.0 Å². The summed E-state index contributed by atoms with van der Waals surface area (Å²) < 4.78 is 45.3. The molecule has 0 aliphatic heterocycles. The van der Waals surface area contributed by atoms with Crippen molar-refractivity contribution in [2.75, 3.05) is 5.32 Å². The van der Waals surface area contributed by atoms with Gasteiger partial charge in [-0.1, -0.05) is 6.07 Å². The first-order chi connectivity index (χ1) is 9.68. The first-order valence-electron chi connectivity index (χ1n) is 5.64. The average Bonchev–Trinajstić information content (AvgIpc) is 2.84. The normalized spacial score (nSPS) is 12.3. The van der Waals surface area contributed by atoms with Crippen LogP contribution in [0.5, 0.6) is 0 Å². The van der Waals surface area contributed by atoms with E-state index in [9.17, 15) is 16.8 Å². The van der Waals surface area contributed by atoms with Crippen LogP contribution in [0.2, 0.25) is 0 Å². The molecule has 0 fully saturated rings. The maximum absolute atomic E-state index is 11.4. The fraction of sp³-hybridized carbons (Fsp3) is 0.0909. The van der Waals surface area contributed by atoms with Crippen LogP contribution < -0.4 is 15.6 Å².